The minimum atomic E-state index is -0.723. The second-order valence-electron chi connectivity index (χ2n) is 4.90. The minimum absolute atomic E-state index is 0.204. The summed E-state index contributed by atoms with van der Waals surface area (Å²) in [5, 5.41) is 14.3. The van der Waals surface area contributed by atoms with Crippen molar-refractivity contribution in [1.29, 1.82) is 0 Å². The van der Waals surface area contributed by atoms with Crippen LogP contribution in [0.2, 0.25) is 0 Å². The molecule has 0 aliphatic rings. The summed E-state index contributed by atoms with van der Waals surface area (Å²) in [5.74, 6) is 1.05. The first-order valence-electron chi connectivity index (χ1n) is 5.45. The van der Waals surface area contributed by atoms with Crippen molar-refractivity contribution in [3.63, 3.8) is 0 Å². The summed E-state index contributed by atoms with van der Waals surface area (Å²) in [5.41, 5.74) is -0.723. The fraction of sp³-hybridized carbons (Fsp3) is 0.818. The molecule has 1 aromatic heterocycles. The van der Waals surface area contributed by atoms with Gasteiger partial charge in [-0.1, -0.05) is 13.8 Å². The highest BCUT2D eigenvalue weighted by Crippen LogP contribution is 2.21. The van der Waals surface area contributed by atoms with E-state index in [2.05, 4.69) is 23.9 Å². The third kappa shape index (κ3) is 2.78. The fourth-order valence-electron chi connectivity index (χ4n) is 1.36. The first-order valence-corrected chi connectivity index (χ1v) is 5.45. The van der Waals surface area contributed by atoms with Crippen LogP contribution in [-0.2, 0) is 6.42 Å². The molecule has 4 heteroatoms. The quantitative estimate of drug-likeness (QED) is 0.826. The SMILES string of the molecule is CC(C)n1ncnc1CC(C)(O)C(C)C. The molecule has 0 radical (unpaired) electrons. The van der Waals surface area contributed by atoms with E-state index in [0.717, 1.165) is 5.82 Å². The molecule has 0 aromatic carbocycles. The van der Waals surface area contributed by atoms with Crippen LogP contribution in [0.4, 0.5) is 0 Å². The number of rotatable bonds is 4. The van der Waals surface area contributed by atoms with E-state index >= 15 is 0 Å². The van der Waals surface area contributed by atoms with Crippen molar-refractivity contribution < 1.29 is 5.11 Å². The molecule has 4 nitrogen and oxygen atoms in total. The standard InChI is InChI=1S/C11H21N3O/c1-8(2)11(5,15)6-10-12-7-13-14(10)9(3)4/h7-9,15H,6H2,1-5H3. The molecule has 86 valence electrons. The van der Waals surface area contributed by atoms with Gasteiger partial charge in [-0.25, -0.2) is 9.67 Å². The Kier molecular flexibility index (Phi) is 3.50. The summed E-state index contributed by atoms with van der Waals surface area (Å²) < 4.78 is 1.86. The Morgan fingerprint density at radius 3 is 2.47 bits per heavy atom. The van der Waals surface area contributed by atoms with Crippen molar-refractivity contribution in [2.45, 2.75) is 52.7 Å². The van der Waals surface area contributed by atoms with E-state index in [1.807, 2.05) is 25.5 Å². The number of aliphatic hydroxyl groups is 1. The Balaban J connectivity index is 2.85. The third-order valence-electron chi connectivity index (χ3n) is 2.90. The van der Waals surface area contributed by atoms with Crippen LogP contribution < -0.4 is 0 Å². The molecule has 1 atom stereocenters. The van der Waals surface area contributed by atoms with Gasteiger partial charge in [0.1, 0.15) is 12.2 Å². The Morgan fingerprint density at radius 2 is 2.00 bits per heavy atom. The first kappa shape index (κ1) is 12.2. The number of aromatic nitrogens is 3. The van der Waals surface area contributed by atoms with Crippen LogP contribution in [0.15, 0.2) is 6.33 Å². The van der Waals surface area contributed by atoms with Crippen LogP contribution in [-0.4, -0.2) is 25.5 Å². The van der Waals surface area contributed by atoms with Gasteiger partial charge in [-0.2, -0.15) is 5.10 Å². The summed E-state index contributed by atoms with van der Waals surface area (Å²) in [6.45, 7) is 9.98. The van der Waals surface area contributed by atoms with Crippen LogP contribution in [0, 0.1) is 5.92 Å². The number of nitrogens with zero attached hydrogens (tertiary/aromatic N) is 3. The Bertz CT molecular complexity index is 315. The monoisotopic (exact) mass is 211 g/mol. The number of hydrogen-bond acceptors (Lipinski definition) is 3. The lowest BCUT2D eigenvalue weighted by atomic mass is 9.89. The lowest BCUT2D eigenvalue weighted by molar-refractivity contribution is 0.0110. The molecule has 1 unspecified atom stereocenters. The molecule has 15 heavy (non-hydrogen) atoms. The normalized spacial score (nSPS) is 16.0. The molecule has 0 aliphatic heterocycles. The molecule has 0 bridgehead atoms. The van der Waals surface area contributed by atoms with Crippen molar-refractivity contribution in [3.8, 4) is 0 Å². The van der Waals surface area contributed by atoms with Gasteiger partial charge in [0.05, 0.1) is 5.60 Å². The van der Waals surface area contributed by atoms with E-state index in [1.54, 1.807) is 6.33 Å². The smallest absolute Gasteiger partial charge is 0.138 e. The maximum Gasteiger partial charge on any atom is 0.138 e. The molecule has 0 saturated carbocycles. The topological polar surface area (TPSA) is 50.9 Å². The summed E-state index contributed by atoms with van der Waals surface area (Å²) in [6, 6.07) is 0.283. The lowest BCUT2D eigenvalue weighted by Gasteiger charge is -2.27. The Morgan fingerprint density at radius 1 is 1.40 bits per heavy atom. The average molecular weight is 211 g/mol. The Hall–Kier alpha value is -0.900. The van der Waals surface area contributed by atoms with Gasteiger partial charge in [0.15, 0.2) is 0 Å². The zero-order valence-corrected chi connectivity index (χ0v) is 10.2. The lowest BCUT2D eigenvalue weighted by Crippen LogP contribution is -2.35. The van der Waals surface area contributed by atoms with Crippen molar-refractivity contribution in [2.75, 3.05) is 0 Å². The molecule has 0 amide bonds. The van der Waals surface area contributed by atoms with Crippen LogP contribution in [0.25, 0.3) is 0 Å². The fourth-order valence-corrected chi connectivity index (χ4v) is 1.36. The largest absolute Gasteiger partial charge is 0.389 e. The van der Waals surface area contributed by atoms with Gasteiger partial charge in [0, 0.05) is 12.5 Å². The number of hydrogen-bond donors (Lipinski definition) is 1. The molecule has 0 fully saturated rings. The summed E-state index contributed by atoms with van der Waals surface area (Å²) in [7, 11) is 0. The van der Waals surface area contributed by atoms with Gasteiger partial charge >= 0.3 is 0 Å². The highest BCUT2D eigenvalue weighted by Gasteiger charge is 2.27. The Labute approximate surface area is 91.3 Å². The maximum absolute atomic E-state index is 10.2. The minimum Gasteiger partial charge on any atom is -0.389 e. The second-order valence-corrected chi connectivity index (χ2v) is 4.90. The molecule has 0 saturated heterocycles. The molecular formula is C11H21N3O. The van der Waals surface area contributed by atoms with Crippen molar-refractivity contribution in [3.05, 3.63) is 12.2 Å². The van der Waals surface area contributed by atoms with Crippen LogP contribution in [0.5, 0.6) is 0 Å². The van der Waals surface area contributed by atoms with Gasteiger partial charge in [-0.05, 0) is 26.7 Å². The average Bonchev–Trinajstić information content (AvgIpc) is 2.51. The van der Waals surface area contributed by atoms with Crippen LogP contribution in [0.1, 0.15) is 46.5 Å². The van der Waals surface area contributed by atoms with E-state index in [-0.39, 0.29) is 12.0 Å². The van der Waals surface area contributed by atoms with Gasteiger partial charge in [0.2, 0.25) is 0 Å². The molecule has 1 N–H and O–H groups in total. The summed E-state index contributed by atoms with van der Waals surface area (Å²) in [4.78, 5) is 4.20. The van der Waals surface area contributed by atoms with Crippen LogP contribution >= 0.6 is 0 Å². The second kappa shape index (κ2) is 4.31. The molecule has 1 aromatic rings. The molecular weight excluding hydrogens is 190 g/mol. The van der Waals surface area contributed by atoms with E-state index in [9.17, 15) is 5.11 Å². The predicted molar refractivity (Wildman–Crippen MR) is 59.6 cm³/mol. The van der Waals surface area contributed by atoms with E-state index in [0.29, 0.717) is 6.42 Å². The highest BCUT2D eigenvalue weighted by atomic mass is 16.3. The van der Waals surface area contributed by atoms with E-state index < -0.39 is 5.60 Å². The first-order chi connectivity index (χ1) is 6.84. The van der Waals surface area contributed by atoms with Crippen LogP contribution in [0.3, 0.4) is 0 Å². The van der Waals surface area contributed by atoms with Gasteiger partial charge in [-0.3, -0.25) is 0 Å². The van der Waals surface area contributed by atoms with Crippen molar-refractivity contribution in [1.82, 2.24) is 14.8 Å². The van der Waals surface area contributed by atoms with Gasteiger partial charge < -0.3 is 5.11 Å². The molecule has 1 heterocycles. The molecule has 1 rings (SSSR count). The zero-order chi connectivity index (χ0) is 11.6. The summed E-state index contributed by atoms with van der Waals surface area (Å²) >= 11 is 0. The predicted octanol–water partition coefficient (Wildman–Crippen LogP) is 1.81. The summed E-state index contributed by atoms with van der Waals surface area (Å²) in [6.07, 6.45) is 2.09. The zero-order valence-electron chi connectivity index (χ0n) is 10.2. The molecule has 0 spiro atoms. The van der Waals surface area contributed by atoms with Gasteiger partial charge in [-0.15, -0.1) is 0 Å². The maximum atomic E-state index is 10.2. The molecule has 0 aliphatic carbocycles. The highest BCUT2D eigenvalue weighted by molar-refractivity contribution is 4.95. The van der Waals surface area contributed by atoms with Crippen molar-refractivity contribution in [2.24, 2.45) is 5.92 Å². The third-order valence-corrected chi connectivity index (χ3v) is 2.90. The van der Waals surface area contributed by atoms with E-state index in [4.69, 9.17) is 0 Å². The van der Waals surface area contributed by atoms with Crippen molar-refractivity contribution >= 4 is 0 Å². The van der Waals surface area contributed by atoms with Gasteiger partial charge in [0.25, 0.3) is 0 Å². The van der Waals surface area contributed by atoms with E-state index in [1.165, 1.54) is 0 Å².